The molecule has 0 aliphatic heterocycles. The van der Waals surface area contributed by atoms with Gasteiger partial charge in [0, 0.05) is 24.7 Å². The molecule has 1 aromatic carbocycles. The van der Waals surface area contributed by atoms with E-state index in [2.05, 4.69) is 31.8 Å². The molecule has 0 aromatic heterocycles. The summed E-state index contributed by atoms with van der Waals surface area (Å²) < 4.78 is 5.46. The van der Waals surface area contributed by atoms with Crippen LogP contribution in [-0.4, -0.2) is 18.7 Å². The number of amides is 1. The van der Waals surface area contributed by atoms with Gasteiger partial charge in [-0.15, -0.1) is 0 Å². The first-order chi connectivity index (χ1) is 11.8. The summed E-state index contributed by atoms with van der Waals surface area (Å²) in [6.07, 6.45) is 6.12. The van der Waals surface area contributed by atoms with Crippen molar-refractivity contribution in [2.75, 3.05) is 11.9 Å². The lowest BCUT2D eigenvalue weighted by Crippen LogP contribution is -2.34. The number of nitrogens with zero attached hydrogens (tertiary/aromatic N) is 1. The summed E-state index contributed by atoms with van der Waals surface area (Å²) in [6, 6.07) is 6.05. The van der Waals surface area contributed by atoms with Gasteiger partial charge in [0.05, 0.1) is 0 Å². The Morgan fingerprint density at radius 3 is 2.44 bits per heavy atom. The number of benzene rings is 1. The van der Waals surface area contributed by atoms with Gasteiger partial charge in [0.1, 0.15) is 5.60 Å². The number of rotatable bonds is 6. The molecule has 0 aliphatic rings. The lowest BCUT2D eigenvalue weighted by atomic mass is 10.0. The van der Waals surface area contributed by atoms with Gasteiger partial charge in [0.15, 0.2) is 0 Å². The Balaban J connectivity index is 3.01. The van der Waals surface area contributed by atoms with Crippen molar-refractivity contribution in [1.82, 2.24) is 0 Å². The normalized spacial score (nSPS) is 10.8. The number of hydrogen-bond donors (Lipinski definition) is 0. The van der Waals surface area contributed by atoms with E-state index in [1.807, 2.05) is 32.9 Å². The Morgan fingerprint density at radius 1 is 1.16 bits per heavy atom. The van der Waals surface area contributed by atoms with E-state index in [-0.39, 0.29) is 6.09 Å². The first-order valence-corrected chi connectivity index (χ1v) is 9.37. The zero-order valence-corrected chi connectivity index (χ0v) is 16.7. The zero-order chi connectivity index (χ0) is 18.9. The Labute approximate surface area is 153 Å². The molecule has 0 unspecified atom stereocenters. The van der Waals surface area contributed by atoms with Crippen LogP contribution in [0.25, 0.3) is 0 Å². The topological polar surface area (TPSA) is 29.5 Å². The minimum absolute atomic E-state index is 0.337. The van der Waals surface area contributed by atoms with Gasteiger partial charge in [0.25, 0.3) is 0 Å². The summed E-state index contributed by atoms with van der Waals surface area (Å²) in [4.78, 5) is 13.9. The van der Waals surface area contributed by atoms with E-state index in [9.17, 15) is 4.79 Å². The minimum atomic E-state index is -0.499. The lowest BCUT2D eigenvalue weighted by Gasteiger charge is -2.25. The predicted molar refractivity (Wildman–Crippen MR) is 106 cm³/mol. The molecule has 1 rings (SSSR count). The van der Waals surface area contributed by atoms with E-state index >= 15 is 0 Å². The van der Waals surface area contributed by atoms with Crippen LogP contribution >= 0.6 is 0 Å². The van der Waals surface area contributed by atoms with Crippen molar-refractivity contribution in [3.63, 3.8) is 0 Å². The van der Waals surface area contributed by atoms with Crippen molar-refractivity contribution in [2.24, 2.45) is 0 Å². The molecule has 0 heterocycles. The summed E-state index contributed by atoms with van der Waals surface area (Å²) in [6.45, 7) is 9.99. The maximum absolute atomic E-state index is 12.3. The van der Waals surface area contributed by atoms with Gasteiger partial charge in [-0.25, -0.2) is 4.79 Å². The average Bonchev–Trinajstić information content (AvgIpc) is 2.55. The molecule has 0 aliphatic carbocycles. The van der Waals surface area contributed by atoms with Crippen LogP contribution in [0, 0.1) is 11.8 Å². The molecule has 1 amide bonds. The van der Waals surface area contributed by atoms with Crippen LogP contribution in [0.2, 0.25) is 0 Å². The van der Waals surface area contributed by atoms with Crippen LogP contribution in [0.5, 0.6) is 0 Å². The van der Waals surface area contributed by atoms with E-state index in [0.717, 1.165) is 49.8 Å². The van der Waals surface area contributed by atoms with Crippen molar-refractivity contribution >= 4 is 11.8 Å². The fourth-order valence-corrected chi connectivity index (χ4v) is 2.34. The van der Waals surface area contributed by atoms with Crippen molar-refractivity contribution < 1.29 is 9.53 Å². The summed E-state index contributed by atoms with van der Waals surface area (Å²) in [5, 5.41) is 0. The van der Waals surface area contributed by atoms with E-state index < -0.39 is 5.60 Å². The number of carbonyl (C=O) groups excluding carboxylic acids is 1. The molecule has 0 fully saturated rings. The quantitative estimate of drug-likeness (QED) is 0.472. The maximum Gasteiger partial charge on any atom is 0.414 e. The molecular formula is C22H33NO2. The molecule has 138 valence electrons. The van der Waals surface area contributed by atoms with E-state index in [0.29, 0.717) is 0 Å². The SMILES string of the molecule is CCCCC#Cc1ccc(N(C)C(=O)OC(C)(C)C)cc1CCCC. The lowest BCUT2D eigenvalue weighted by molar-refractivity contribution is 0.0589. The van der Waals surface area contributed by atoms with Gasteiger partial charge in [-0.1, -0.05) is 38.5 Å². The fraction of sp³-hybridized carbons (Fsp3) is 0.591. The third kappa shape index (κ3) is 7.65. The molecule has 0 saturated carbocycles. The summed E-state index contributed by atoms with van der Waals surface area (Å²) in [7, 11) is 1.75. The number of ether oxygens (including phenoxy) is 1. The molecule has 1 aromatic rings. The van der Waals surface area contributed by atoms with Crippen molar-refractivity contribution in [3.8, 4) is 11.8 Å². The Hall–Kier alpha value is -1.95. The maximum atomic E-state index is 12.3. The molecule has 0 N–H and O–H groups in total. The first-order valence-electron chi connectivity index (χ1n) is 9.37. The van der Waals surface area contributed by atoms with Crippen LogP contribution in [0.4, 0.5) is 10.5 Å². The van der Waals surface area contributed by atoms with Crippen molar-refractivity contribution in [2.45, 2.75) is 78.7 Å². The van der Waals surface area contributed by atoms with Gasteiger partial charge >= 0.3 is 6.09 Å². The van der Waals surface area contributed by atoms with Gasteiger partial charge < -0.3 is 4.74 Å². The second-order valence-corrected chi connectivity index (χ2v) is 7.39. The number of aryl methyl sites for hydroxylation is 1. The zero-order valence-electron chi connectivity index (χ0n) is 16.7. The van der Waals surface area contributed by atoms with Crippen molar-refractivity contribution in [1.29, 1.82) is 0 Å². The Bertz CT molecular complexity index is 617. The second kappa shape index (κ2) is 10.1. The highest BCUT2D eigenvalue weighted by molar-refractivity contribution is 5.87. The van der Waals surface area contributed by atoms with Crippen molar-refractivity contribution in [3.05, 3.63) is 29.3 Å². The van der Waals surface area contributed by atoms with Gasteiger partial charge in [0.2, 0.25) is 0 Å². The summed E-state index contributed by atoms with van der Waals surface area (Å²) >= 11 is 0. The molecule has 0 bridgehead atoms. The van der Waals surface area contributed by atoms with E-state index in [4.69, 9.17) is 4.74 Å². The minimum Gasteiger partial charge on any atom is -0.443 e. The van der Waals surface area contributed by atoms with Crippen LogP contribution in [0.1, 0.15) is 77.8 Å². The third-order valence-corrected chi connectivity index (χ3v) is 3.82. The van der Waals surface area contributed by atoms with Crippen LogP contribution in [0.3, 0.4) is 0 Å². The van der Waals surface area contributed by atoms with Crippen LogP contribution in [-0.2, 0) is 11.2 Å². The number of hydrogen-bond acceptors (Lipinski definition) is 2. The molecule has 0 atom stereocenters. The van der Waals surface area contributed by atoms with Gasteiger partial charge in [-0.2, -0.15) is 0 Å². The highest BCUT2D eigenvalue weighted by atomic mass is 16.6. The smallest absolute Gasteiger partial charge is 0.414 e. The second-order valence-electron chi connectivity index (χ2n) is 7.39. The molecule has 3 heteroatoms. The molecule has 3 nitrogen and oxygen atoms in total. The molecular weight excluding hydrogens is 310 g/mol. The standard InChI is InChI=1S/C22H33NO2/c1-7-9-11-12-14-18-15-16-20(17-19(18)13-10-8-2)23(6)21(24)25-22(3,4)5/h15-17H,7-11,13H2,1-6H3. The number of anilines is 1. The van der Waals surface area contributed by atoms with Gasteiger partial charge in [-0.05, 0) is 63.8 Å². The molecule has 0 radical (unpaired) electrons. The monoisotopic (exact) mass is 343 g/mol. The largest absolute Gasteiger partial charge is 0.443 e. The summed E-state index contributed by atoms with van der Waals surface area (Å²) in [5.74, 6) is 6.57. The Kier molecular flexibility index (Phi) is 8.55. The number of carbonyl (C=O) groups is 1. The third-order valence-electron chi connectivity index (χ3n) is 3.82. The molecule has 25 heavy (non-hydrogen) atoms. The predicted octanol–water partition coefficient (Wildman–Crippen LogP) is 5.94. The van der Waals surface area contributed by atoms with E-state index in [1.54, 1.807) is 11.9 Å². The van der Waals surface area contributed by atoms with E-state index in [1.165, 1.54) is 5.56 Å². The number of unbranched alkanes of at least 4 members (excludes halogenated alkanes) is 3. The van der Waals surface area contributed by atoms with Crippen LogP contribution < -0.4 is 4.90 Å². The fourth-order valence-electron chi connectivity index (χ4n) is 2.34. The van der Waals surface area contributed by atoms with Gasteiger partial charge in [-0.3, -0.25) is 4.90 Å². The summed E-state index contributed by atoms with van der Waals surface area (Å²) in [5.41, 5.74) is 2.63. The first kappa shape index (κ1) is 21.1. The van der Waals surface area contributed by atoms with Crippen LogP contribution in [0.15, 0.2) is 18.2 Å². The average molecular weight is 344 g/mol. The molecule has 0 saturated heterocycles. The highest BCUT2D eigenvalue weighted by Gasteiger charge is 2.21. The Morgan fingerprint density at radius 2 is 1.84 bits per heavy atom. The molecule has 0 spiro atoms. The highest BCUT2D eigenvalue weighted by Crippen LogP contribution is 2.22.